The number of imide groups is 1. The molecule has 2 N–H and O–H groups in total. The van der Waals surface area contributed by atoms with E-state index < -0.39 is 11.7 Å². The molecule has 0 radical (unpaired) electrons. The second kappa shape index (κ2) is 6.10. The number of hydrogen-bond donors (Lipinski definition) is 1. The minimum Gasteiger partial charge on any atom is -0.330 e. The molecule has 0 atom stereocenters. The molecule has 5 heteroatoms. The van der Waals surface area contributed by atoms with Gasteiger partial charge in [0.25, 0.3) is 5.91 Å². The molecule has 0 aromatic heterocycles. The highest BCUT2D eigenvalue weighted by Gasteiger charge is 2.19. The SMILES string of the molecule is CC(=O)N(CCCN)C(=O)c1cccc(F)c1. The van der Waals surface area contributed by atoms with Crippen molar-refractivity contribution in [1.82, 2.24) is 4.90 Å². The van der Waals surface area contributed by atoms with Gasteiger partial charge in [0.05, 0.1) is 0 Å². The second-order valence-corrected chi connectivity index (χ2v) is 3.63. The number of rotatable bonds is 4. The van der Waals surface area contributed by atoms with Gasteiger partial charge >= 0.3 is 0 Å². The maximum atomic E-state index is 13.0. The fraction of sp³-hybridized carbons (Fsp3) is 0.333. The molecule has 1 aromatic carbocycles. The van der Waals surface area contributed by atoms with Gasteiger partial charge in [-0.15, -0.1) is 0 Å². The number of carbonyl (C=O) groups is 2. The van der Waals surface area contributed by atoms with E-state index in [2.05, 4.69) is 0 Å². The van der Waals surface area contributed by atoms with Crippen molar-refractivity contribution in [3.05, 3.63) is 35.6 Å². The molecule has 0 fully saturated rings. The lowest BCUT2D eigenvalue weighted by molar-refractivity contribution is -0.126. The number of hydrogen-bond acceptors (Lipinski definition) is 3. The van der Waals surface area contributed by atoms with Crippen molar-refractivity contribution in [2.75, 3.05) is 13.1 Å². The lowest BCUT2D eigenvalue weighted by Crippen LogP contribution is -2.36. The van der Waals surface area contributed by atoms with Crippen molar-refractivity contribution in [3.8, 4) is 0 Å². The van der Waals surface area contributed by atoms with Crippen molar-refractivity contribution < 1.29 is 14.0 Å². The summed E-state index contributed by atoms with van der Waals surface area (Å²) in [5.74, 6) is -1.36. The van der Waals surface area contributed by atoms with Gasteiger partial charge < -0.3 is 5.73 Å². The zero-order chi connectivity index (χ0) is 12.8. The quantitative estimate of drug-likeness (QED) is 0.856. The van der Waals surface area contributed by atoms with E-state index in [1.807, 2.05) is 0 Å². The van der Waals surface area contributed by atoms with Gasteiger partial charge in [-0.2, -0.15) is 0 Å². The van der Waals surface area contributed by atoms with E-state index in [1.165, 1.54) is 25.1 Å². The normalized spacial score (nSPS) is 10.1. The Hall–Kier alpha value is -1.75. The van der Waals surface area contributed by atoms with Crippen LogP contribution in [0.3, 0.4) is 0 Å². The zero-order valence-electron chi connectivity index (χ0n) is 9.65. The molecule has 0 aliphatic heterocycles. The van der Waals surface area contributed by atoms with Gasteiger partial charge in [0.1, 0.15) is 5.82 Å². The lowest BCUT2D eigenvalue weighted by atomic mass is 10.2. The van der Waals surface area contributed by atoms with Crippen LogP contribution in [0.5, 0.6) is 0 Å². The number of amides is 2. The van der Waals surface area contributed by atoms with Gasteiger partial charge in [-0.1, -0.05) is 6.07 Å². The third kappa shape index (κ3) is 3.64. The second-order valence-electron chi connectivity index (χ2n) is 3.63. The van der Waals surface area contributed by atoms with Crippen molar-refractivity contribution >= 4 is 11.8 Å². The molecule has 0 heterocycles. The first kappa shape index (κ1) is 13.3. The van der Waals surface area contributed by atoms with E-state index >= 15 is 0 Å². The van der Waals surface area contributed by atoms with Crippen LogP contribution < -0.4 is 5.73 Å². The third-order valence-corrected chi connectivity index (χ3v) is 2.28. The van der Waals surface area contributed by atoms with Gasteiger partial charge in [-0.25, -0.2) is 4.39 Å². The Kier molecular flexibility index (Phi) is 4.78. The largest absolute Gasteiger partial charge is 0.330 e. The summed E-state index contributed by atoms with van der Waals surface area (Å²) in [7, 11) is 0. The molecule has 17 heavy (non-hydrogen) atoms. The number of carbonyl (C=O) groups excluding carboxylic acids is 2. The minimum atomic E-state index is -0.502. The Morgan fingerprint density at radius 1 is 1.41 bits per heavy atom. The lowest BCUT2D eigenvalue weighted by Gasteiger charge is -2.18. The minimum absolute atomic E-state index is 0.164. The highest BCUT2D eigenvalue weighted by atomic mass is 19.1. The first-order valence-electron chi connectivity index (χ1n) is 5.34. The fourth-order valence-corrected chi connectivity index (χ4v) is 1.43. The van der Waals surface area contributed by atoms with E-state index in [0.29, 0.717) is 13.0 Å². The van der Waals surface area contributed by atoms with Crippen LogP contribution >= 0.6 is 0 Å². The summed E-state index contributed by atoms with van der Waals surface area (Å²) in [6, 6.07) is 5.27. The number of nitrogens with zero attached hydrogens (tertiary/aromatic N) is 1. The summed E-state index contributed by atoms with van der Waals surface area (Å²) >= 11 is 0. The van der Waals surface area contributed by atoms with Crippen molar-refractivity contribution in [1.29, 1.82) is 0 Å². The molecule has 92 valence electrons. The van der Waals surface area contributed by atoms with E-state index in [4.69, 9.17) is 5.73 Å². The molecule has 0 bridgehead atoms. The highest BCUT2D eigenvalue weighted by Crippen LogP contribution is 2.08. The summed E-state index contributed by atoms with van der Waals surface area (Å²) in [6.07, 6.45) is 0.528. The maximum Gasteiger partial charge on any atom is 0.260 e. The van der Waals surface area contributed by atoms with Crippen LogP contribution in [0.1, 0.15) is 23.7 Å². The van der Waals surface area contributed by atoms with E-state index in [9.17, 15) is 14.0 Å². The zero-order valence-corrected chi connectivity index (χ0v) is 9.65. The van der Waals surface area contributed by atoms with Crippen LogP contribution in [0.25, 0.3) is 0 Å². The predicted molar refractivity (Wildman–Crippen MR) is 61.8 cm³/mol. The van der Waals surface area contributed by atoms with Gasteiger partial charge in [-0.05, 0) is 31.2 Å². The fourth-order valence-electron chi connectivity index (χ4n) is 1.43. The Bertz CT molecular complexity index is 421. The summed E-state index contributed by atoms with van der Waals surface area (Å²) in [6.45, 7) is 1.94. The number of benzene rings is 1. The summed E-state index contributed by atoms with van der Waals surface area (Å²) in [4.78, 5) is 24.3. The van der Waals surface area contributed by atoms with E-state index in [-0.39, 0.29) is 18.0 Å². The Morgan fingerprint density at radius 3 is 2.65 bits per heavy atom. The monoisotopic (exact) mass is 238 g/mol. The van der Waals surface area contributed by atoms with Crippen molar-refractivity contribution in [2.24, 2.45) is 5.73 Å². The van der Waals surface area contributed by atoms with Gasteiger partial charge in [0.15, 0.2) is 0 Å². The molecule has 2 amide bonds. The Labute approximate surface area is 99.2 Å². The summed E-state index contributed by atoms with van der Waals surface area (Å²) in [5.41, 5.74) is 5.49. The van der Waals surface area contributed by atoms with Gasteiger partial charge in [0.2, 0.25) is 5.91 Å². The Morgan fingerprint density at radius 2 is 2.12 bits per heavy atom. The van der Waals surface area contributed by atoms with Gasteiger partial charge in [0, 0.05) is 19.0 Å². The molecule has 0 unspecified atom stereocenters. The molecule has 0 saturated carbocycles. The smallest absolute Gasteiger partial charge is 0.260 e. The first-order chi connectivity index (χ1) is 8.06. The van der Waals surface area contributed by atoms with E-state index in [0.717, 1.165) is 11.0 Å². The maximum absolute atomic E-state index is 13.0. The van der Waals surface area contributed by atoms with E-state index in [1.54, 1.807) is 0 Å². The highest BCUT2D eigenvalue weighted by molar-refractivity contribution is 6.04. The van der Waals surface area contributed by atoms with Crippen LogP contribution in [0.15, 0.2) is 24.3 Å². The molecule has 0 saturated heterocycles. The molecule has 1 aromatic rings. The van der Waals surface area contributed by atoms with Crippen molar-refractivity contribution in [3.63, 3.8) is 0 Å². The van der Waals surface area contributed by atoms with Crippen LogP contribution in [-0.2, 0) is 4.79 Å². The average Bonchev–Trinajstić information content (AvgIpc) is 2.29. The summed E-state index contributed by atoms with van der Waals surface area (Å²) < 4.78 is 13.0. The van der Waals surface area contributed by atoms with Crippen molar-refractivity contribution in [2.45, 2.75) is 13.3 Å². The number of nitrogens with two attached hydrogens (primary N) is 1. The molecule has 4 nitrogen and oxygen atoms in total. The predicted octanol–water partition coefficient (Wildman–Crippen LogP) is 1.16. The standard InChI is InChI=1S/C12H15FN2O2/c1-9(16)15(7-3-6-14)12(17)10-4-2-5-11(13)8-10/h2,4-5,8H,3,6-7,14H2,1H3. The topological polar surface area (TPSA) is 63.4 Å². The molecule has 0 aliphatic carbocycles. The summed E-state index contributed by atoms with van der Waals surface area (Å²) in [5, 5.41) is 0. The molecule has 1 rings (SSSR count). The number of halogens is 1. The molecule has 0 aliphatic rings. The van der Waals surface area contributed by atoms with Crippen LogP contribution in [-0.4, -0.2) is 29.8 Å². The molecule has 0 spiro atoms. The average molecular weight is 238 g/mol. The molecular formula is C12H15FN2O2. The van der Waals surface area contributed by atoms with Crippen LogP contribution in [0.2, 0.25) is 0 Å². The first-order valence-corrected chi connectivity index (χ1v) is 5.34. The third-order valence-electron chi connectivity index (χ3n) is 2.28. The van der Waals surface area contributed by atoms with Crippen LogP contribution in [0, 0.1) is 5.82 Å². The Balaban J connectivity index is 2.88. The van der Waals surface area contributed by atoms with Gasteiger partial charge in [-0.3, -0.25) is 14.5 Å². The van der Waals surface area contributed by atoms with Crippen LogP contribution in [0.4, 0.5) is 4.39 Å². The molecular weight excluding hydrogens is 223 g/mol.